The van der Waals surface area contributed by atoms with Gasteiger partial charge < -0.3 is 14.7 Å². The number of benzene rings is 1. The Morgan fingerprint density at radius 1 is 1.16 bits per heavy atom. The van der Waals surface area contributed by atoms with Crippen LogP contribution in [0.3, 0.4) is 0 Å². The lowest BCUT2D eigenvalue weighted by molar-refractivity contribution is -0.137. The average molecular weight is 547 g/mol. The maximum absolute atomic E-state index is 12.6. The van der Waals surface area contributed by atoms with Crippen molar-refractivity contribution in [1.82, 2.24) is 20.3 Å². The first kappa shape index (κ1) is 25.0. The lowest BCUT2D eigenvalue weighted by atomic mass is 10.1. The number of guanidine groups is 1. The Balaban J connectivity index is 0.00000341. The summed E-state index contributed by atoms with van der Waals surface area (Å²) in [5, 5.41) is 7.22. The van der Waals surface area contributed by atoms with Gasteiger partial charge in [0.25, 0.3) is 0 Å². The van der Waals surface area contributed by atoms with Gasteiger partial charge in [0, 0.05) is 50.9 Å². The van der Waals surface area contributed by atoms with E-state index in [1.54, 1.807) is 6.26 Å². The molecule has 10 heteroatoms. The summed E-state index contributed by atoms with van der Waals surface area (Å²) in [6.07, 6.45) is -2.76. The highest BCUT2D eigenvalue weighted by atomic mass is 127. The van der Waals surface area contributed by atoms with Gasteiger partial charge in [0.05, 0.1) is 11.3 Å². The predicted octanol–water partition coefficient (Wildman–Crippen LogP) is 3.45. The second-order valence-corrected chi connectivity index (χ2v) is 6.80. The molecule has 168 valence electrons. The third kappa shape index (κ3) is 7.74. The summed E-state index contributed by atoms with van der Waals surface area (Å²) in [5.74, 6) is 6.56. The fourth-order valence-electron chi connectivity index (χ4n) is 3.09. The van der Waals surface area contributed by atoms with E-state index in [2.05, 4.69) is 37.1 Å². The van der Waals surface area contributed by atoms with Crippen molar-refractivity contribution in [2.24, 2.45) is 4.99 Å². The third-order valence-corrected chi connectivity index (χ3v) is 4.64. The third-order valence-electron chi connectivity index (χ3n) is 4.64. The van der Waals surface area contributed by atoms with E-state index in [9.17, 15) is 13.2 Å². The normalized spacial score (nSPS) is 15.1. The summed E-state index contributed by atoms with van der Waals surface area (Å²) in [7, 11) is 0. The summed E-state index contributed by atoms with van der Waals surface area (Å²) in [6.45, 7) is 7.20. The van der Waals surface area contributed by atoms with E-state index in [0.29, 0.717) is 5.56 Å². The molecule has 0 aliphatic carbocycles. The summed E-state index contributed by atoms with van der Waals surface area (Å²) in [6, 6.07) is 6.69. The minimum absolute atomic E-state index is 0. The smallest absolute Gasteiger partial charge is 0.364 e. The Hall–Kier alpha value is -2.26. The molecule has 31 heavy (non-hydrogen) atoms. The van der Waals surface area contributed by atoms with E-state index < -0.39 is 11.7 Å². The Kier molecular flexibility index (Phi) is 9.64. The molecular weight excluding hydrogens is 522 g/mol. The zero-order chi connectivity index (χ0) is 21.4. The van der Waals surface area contributed by atoms with Crippen LogP contribution in [0.15, 0.2) is 46.1 Å². The van der Waals surface area contributed by atoms with Crippen LogP contribution in [0.1, 0.15) is 23.7 Å². The molecule has 3 rings (SSSR count). The van der Waals surface area contributed by atoms with Crippen molar-refractivity contribution in [2.45, 2.75) is 19.6 Å². The summed E-state index contributed by atoms with van der Waals surface area (Å²) < 4.78 is 42.7. The van der Waals surface area contributed by atoms with Gasteiger partial charge in [-0.05, 0) is 31.2 Å². The van der Waals surface area contributed by atoms with Crippen LogP contribution in [0, 0.1) is 11.8 Å². The fourth-order valence-corrected chi connectivity index (χ4v) is 3.09. The molecule has 0 saturated carbocycles. The second kappa shape index (κ2) is 12.0. The van der Waals surface area contributed by atoms with Crippen molar-refractivity contribution in [3.05, 3.63) is 53.4 Å². The SMILES string of the molecule is CCNC(=NCC#Cc1ccc(C(F)(F)F)cc1)N1CCN(Cc2ccon2)CC1.I. The number of rotatable bonds is 4. The topological polar surface area (TPSA) is 56.9 Å². The Morgan fingerprint density at radius 2 is 1.87 bits per heavy atom. The molecule has 2 aromatic rings. The van der Waals surface area contributed by atoms with E-state index >= 15 is 0 Å². The van der Waals surface area contributed by atoms with Crippen LogP contribution in [-0.4, -0.2) is 60.2 Å². The first-order valence-corrected chi connectivity index (χ1v) is 9.76. The van der Waals surface area contributed by atoms with Gasteiger partial charge in [0.2, 0.25) is 0 Å². The molecule has 6 nitrogen and oxygen atoms in total. The number of piperazine rings is 1. The predicted molar refractivity (Wildman–Crippen MR) is 123 cm³/mol. The number of hydrogen-bond donors (Lipinski definition) is 1. The van der Waals surface area contributed by atoms with Gasteiger partial charge in [0.1, 0.15) is 12.8 Å². The fraction of sp³-hybridized carbons (Fsp3) is 0.429. The molecule has 0 unspecified atom stereocenters. The molecule has 1 saturated heterocycles. The zero-order valence-electron chi connectivity index (χ0n) is 17.2. The molecule has 1 aromatic heterocycles. The van der Waals surface area contributed by atoms with Crippen molar-refractivity contribution >= 4 is 29.9 Å². The van der Waals surface area contributed by atoms with Gasteiger partial charge in [-0.3, -0.25) is 4.90 Å². The first-order valence-electron chi connectivity index (χ1n) is 9.76. The van der Waals surface area contributed by atoms with Gasteiger partial charge in [-0.25, -0.2) is 4.99 Å². The van der Waals surface area contributed by atoms with Crippen molar-refractivity contribution in [3.8, 4) is 11.8 Å². The maximum atomic E-state index is 12.6. The van der Waals surface area contributed by atoms with Crippen molar-refractivity contribution in [1.29, 1.82) is 0 Å². The molecule has 1 aromatic carbocycles. The van der Waals surface area contributed by atoms with Gasteiger partial charge in [-0.2, -0.15) is 13.2 Å². The Bertz CT molecular complexity index is 880. The number of aliphatic imine (C=N–C) groups is 1. The van der Waals surface area contributed by atoms with Crippen LogP contribution >= 0.6 is 24.0 Å². The highest BCUT2D eigenvalue weighted by Gasteiger charge is 2.29. The quantitative estimate of drug-likeness (QED) is 0.275. The number of alkyl halides is 3. The highest BCUT2D eigenvalue weighted by Crippen LogP contribution is 2.28. The average Bonchev–Trinajstić information content (AvgIpc) is 3.24. The van der Waals surface area contributed by atoms with E-state index in [1.807, 2.05) is 13.0 Å². The molecule has 0 amide bonds. The van der Waals surface area contributed by atoms with Crippen molar-refractivity contribution < 1.29 is 17.7 Å². The van der Waals surface area contributed by atoms with Gasteiger partial charge in [0.15, 0.2) is 5.96 Å². The number of nitrogens with one attached hydrogen (secondary N) is 1. The summed E-state index contributed by atoms with van der Waals surface area (Å²) in [5.41, 5.74) is 0.774. The molecule has 0 atom stereocenters. The van der Waals surface area contributed by atoms with Crippen molar-refractivity contribution in [2.75, 3.05) is 39.3 Å². The molecule has 0 spiro atoms. The number of hydrogen-bond acceptors (Lipinski definition) is 4. The van der Waals surface area contributed by atoms with Gasteiger partial charge in [-0.15, -0.1) is 24.0 Å². The zero-order valence-corrected chi connectivity index (χ0v) is 19.5. The van der Waals surface area contributed by atoms with Gasteiger partial charge >= 0.3 is 6.18 Å². The largest absolute Gasteiger partial charge is 0.416 e. The second-order valence-electron chi connectivity index (χ2n) is 6.80. The van der Waals surface area contributed by atoms with E-state index in [4.69, 9.17) is 4.52 Å². The van der Waals surface area contributed by atoms with E-state index in [0.717, 1.165) is 63.1 Å². The van der Waals surface area contributed by atoms with Crippen LogP contribution in [0.4, 0.5) is 13.2 Å². The Labute approximate surface area is 196 Å². The molecular formula is C21H25F3IN5O. The standard InChI is InChI=1S/C21H24F3N5O.HI/c1-2-25-20(29-13-11-28(12-14-29)16-19-9-15-30-27-19)26-10-3-4-17-5-7-18(8-6-17)21(22,23)24;/h5-9,15H,2,10-14,16H2,1H3,(H,25,26);1H. The summed E-state index contributed by atoms with van der Waals surface area (Å²) in [4.78, 5) is 9.03. The molecule has 1 fully saturated rings. The Morgan fingerprint density at radius 3 is 2.45 bits per heavy atom. The number of nitrogens with zero attached hydrogens (tertiary/aromatic N) is 4. The monoisotopic (exact) mass is 547 g/mol. The van der Waals surface area contributed by atoms with Crippen LogP contribution in [0.25, 0.3) is 0 Å². The summed E-state index contributed by atoms with van der Waals surface area (Å²) >= 11 is 0. The maximum Gasteiger partial charge on any atom is 0.416 e. The molecule has 1 aliphatic heterocycles. The van der Waals surface area contributed by atoms with E-state index in [-0.39, 0.29) is 30.5 Å². The van der Waals surface area contributed by atoms with Crippen LogP contribution in [-0.2, 0) is 12.7 Å². The molecule has 0 radical (unpaired) electrons. The molecule has 2 heterocycles. The van der Waals surface area contributed by atoms with Crippen molar-refractivity contribution in [3.63, 3.8) is 0 Å². The minimum Gasteiger partial charge on any atom is -0.364 e. The molecule has 0 bridgehead atoms. The van der Waals surface area contributed by atoms with E-state index in [1.165, 1.54) is 12.1 Å². The van der Waals surface area contributed by atoms with Crippen LogP contribution < -0.4 is 5.32 Å². The van der Waals surface area contributed by atoms with Crippen LogP contribution in [0.5, 0.6) is 0 Å². The van der Waals surface area contributed by atoms with Crippen LogP contribution in [0.2, 0.25) is 0 Å². The number of aromatic nitrogens is 1. The first-order chi connectivity index (χ1) is 14.5. The lowest BCUT2D eigenvalue weighted by Gasteiger charge is -2.36. The minimum atomic E-state index is -4.34. The lowest BCUT2D eigenvalue weighted by Crippen LogP contribution is -2.52. The number of halogens is 4. The molecule has 1 N–H and O–H groups in total. The van der Waals surface area contributed by atoms with Gasteiger partial charge in [-0.1, -0.05) is 17.0 Å². The highest BCUT2D eigenvalue weighted by molar-refractivity contribution is 14.0. The molecule has 1 aliphatic rings.